The van der Waals surface area contributed by atoms with Crippen molar-refractivity contribution in [3.05, 3.63) is 77.4 Å². The molecule has 2 aromatic heterocycles. The summed E-state index contributed by atoms with van der Waals surface area (Å²) in [4.78, 5) is 45.1. The molecule has 0 atom stereocenters. The number of unbranched alkanes of at least 4 members (excludes halogenated alkanes) is 1. The van der Waals surface area contributed by atoms with Crippen molar-refractivity contribution < 1.29 is 32.3 Å². The summed E-state index contributed by atoms with van der Waals surface area (Å²) in [6.07, 6.45) is 6.92. The number of aldehydes is 1. The fraction of sp³-hybridized carbons (Fsp3) is 0.425. The molecular formula is C40H51N11O7S. The van der Waals surface area contributed by atoms with Crippen LogP contribution in [-0.4, -0.2) is 118 Å². The second-order valence-electron chi connectivity index (χ2n) is 15.0. The van der Waals surface area contributed by atoms with E-state index in [-0.39, 0.29) is 35.0 Å². The molecule has 2 saturated heterocycles. The molecule has 18 nitrogen and oxygen atoms in total. The van der Waals surface area contributed by atoms with Crippen LogP contribution in [0.2, 0.25) is 0 Å². The third-order valence-electron chi connectivity index (χ3n) is 10.1. The van der Waals surface area contributed by atoms with E-state index in [9.17, 15) is 22.8 Å². The molecule has 0 bridgehead atoms. The van der Waals surface area contributed by atoms with Gasteiger partial charge in [0.1, 0.15) is 30.2 Å². The number of sulfonamides is 1. The fourth-order valence-corrected chi connectivity index (χ4v) is 8.58. The number of anilines is 1. The van der Waals surface area contributed by atoms with Crippen LogP contribution in [0.4, 0.5) is 5.95 Å². The van der Waals surface area contributed by atoms with Crippen LogP contribution in [-0.2, 0) is 32.7 Å². The van der Waals surface area contributed by atoms with Gasteiger partial charge in [0.25, 0.3) is 5.91 Å². The van der Waals surface area contributed by atoms with E-state index in [2.05, 4.69) is 31.3 Å². The predicted molar refractivity (Wildman–Crippen MR) is 220 cm³/mol. The van der Waals surface area contributed by atoms with Crippen LogP contribution in [0.25, 0.3) is 11.2 Å². The maximum Gasteiger partial charge on any atom is 0.254 e. The zero-order valence-corrected chi connectivity index (χ0v) is 34.2. The molecule has 3 aliphatic heterocycles. The largest absolute Gasteiger partial charge is 0.488 e. The van der Waals surface area contributed by atoms with Crippen molar-refractivity contribution in [1.82, 2.24) is 33.7 Å². The number of piperidine rings is 1. The molecule has 314 valence electrons. The Morgan fingerprint density at radius 3 is 2.58 bits per heavy atom. The van der Waals surface area contributed by atoms with Crippen LogP contribution >= 0.6 is 0 Å². The highest BCUT2D eigenvalue weighted by Crippen LogP contribution is 2.31. The standard InChI is InChI=1S/C35H42N10O5S.C5H9NO2/c1-22(2)49-32-31(25(15-36)16-37)38-21-45-33(32)40-35(41-45)39-26-9-11-44(12-10-26)51(47,48)29-6-4-5-27(14-29)50-28-19-43(20-28)17-23-7-8-30-24(13-23)18-42(3)34(30)46;6-5(8)3-1-2-4-7/h4-8,13-16,21-22,26,28,36H,9-12,17-20,37H2,1-3H3,(H,39,41);4H,1-3H2,(H2,6,8)/b25-16+,36-15?;. The Hall–Kier alpha value is -5.92. The van der Waals surface area contributed by atoms with Crippen molar-refractivity contribution in [2.45, 2.75) is 82.2 Å². The monoisotopic (exact) mass is 829 g/mol. The Bertz CT molecular complexity index is 2320. The smallest absolute Gasteiger partial charge is 0.254 e. The molecule has 7 rings (SSSR count). The molecule has 2 fully saturated rings. The van der Waals surface area contributed by atoms with Gasteiger partial charge in [-0.15, -0.1) is 5.10 Å². The lowest BCUT2D eigenvalue weighted by Crippen LogP contribution is -2.53. The van der Waals surface area contributed by atoms with E-state index >= 15 is 0 Å². The van der Waals surface area contributed by atoms with Crippen molar-refractivity contribution >= 4 is 51.5 Å². The van der Waals surface area contributed by atoms with Gasteiger partial charge in [0, 0.05) is 94.8 Å². The van der Waals surface area contributed by atoms with E-state index in [4.69, 9.17) is 26.4 Å². The number of likely N-dealkylation sites (tertiary alicyclic amines) is 1. The van der Waals surface area contributed by atoms with E-state index in [1.54, 1.807) is 29.2 Å². The fourth-order valence-electron chi connectivity index (χ4n) is 7.08. The molecular weight excluding hydrogens is 779 g/mol. The first-order valence-corrected chi connectivity index (χ1v) is 20.9. The predicted octanol–water partition coefficient (Wildman–Crippen LogP) is 2.82. The van der Waals surface area contributed by atoms with Crippen molar-refractivity contribution in [3.8, 4) is 11.5 Å². The number of carbonyl (C=O) groups excluding carboxylic acids is 3. The summed E-state index contributed by atoms with van der Waals surface area (Å²) in [6.45, 7) is 7.30. The Kier molecular flexibility index (Phi) is 13.6. The average Bonchev–Trinajstić information content (AvgIpc) is 3.74. The number of benzene rings is 2. The number of primary amides is 1. The highest BCUT2D eigenvalue weighted by Gasteiger charge is 2.33. The number of fused-ring (bicyclic) bond motifs is 2. The Morgan fingerprint density at radius 1 is 1.14 bits per heavy atom. The topological polar surface area (TPSA) is 245 Å². The molecule has 2 amide bonds. The Labute approximate surface area is 343 Å². The molecule has 5 heterocycles. The zero-order valence-electron chi connectivity index (χ0n) is 33.4. The summed E-state index contributed by atoms with van der Waals surface area (Å²) in [6, 6.07) is 12.7. The number of nitrogens with two attached hydrogens (primary N) is 2. The maximum absolute atomic E-state index is 13.7. The van der Waals surface area contributed by atoms with Crippen molar-refractivity contribution in [3.63, 3.8) is 0 Å². The van der Waals surface area contributed by atoms with Crippen molar-refractivity contribution in [2.24, 2.45) is 11.5 Å². The second kappa shape index (κ2) is 18.8. The lowest BCUT2D eigenvalue weighted by atomic mass is 10.0. The second-order valence-corrected chi connectivity index (χ2v) is 16.9. The molecule has 6 N–H and O–H groups in total. The summed E-state index contributed by atoms with van der Waals surface area (Å²) in [7, 11) is -1.92. The quantitative estimate of drug-likeness (QED) is 0.0722. The number of allylic oxidation sites excluding steroid dienone is 1. The first kappa shape index (κ1) is 42.7. The van der Waals surface area contributed by atoms with Gasteiger partial charge >= 0.3 is 0 Å². The number of amides is 2. The maximum atomic E-state index is 13.7. The number of hydrogen-bond donors (Lipinski definition) is 4. The van der Waals surface area contributed by atoms with Gasteiger partial charge in [0.2, 0.25) is 27.5 Å². The number of nitrogens with zero attached hydrogens (tertiary/aromatic N) is 7. The van der Waals surface area contributed by atoms with Gasteiger partial charge in [0.05, 0.1) is 11.0 Å². The Morgan fingerprint density at radius 2 is 1.90 bits per heavy atom. The van der Waals surface area contributed by atoms with Gasteiger partial charge in [-0.25, -0.2) is 13.4 Å². The van der Waals surface area contributed by atoms with Crippen LogP contribution < -0.4 is 26.3 Å². The molecule has 0 saturated carbocycles. The van der Waals surface area contributed by atoms with Crippen LogP contribution in [0.3, 0.4) is 0 Å². The number of nitrogens with one attached hydrogen (secondary N) is 2. The number of rotatable bonds is 16. The molecule has 4 aromatic rings. The summed E-state index contributed by atoms with van der Waals surface area (Å²) in [5.41, 5.74) is 14.7. The third-order valence-corrected chi connectivity index (χ3v) is 12.0. The number of carbonyl (C=O) groups is 3. The van der Waals surface area contributed by atoms with Gasteiger partial charge in [-0.1, -0.05) is 18.2 Å². The summed E-state index contributed by atoms with van der Waals surface area (Å²) < 4.78 is 42.6. The molecule has 3 aliphatic rings. The normalized spacial score (nSPS) is 16.6. The van der Waals surface area contributed by atoms with E-state index in [0.29, 0.717) is 86.1 Å². The lowest BCUT2D eigenvalue weighted by molar-refractivity contribution is -0.118. The van der Waals surface area contributed by atoms with Gasteiger partial charge in [-0.2, -0.15) is 13.8 Å². The van der Waals surface area contributed by atoms with Gasteiger partial charge < -0.3 is 41.4 Å². The first-order valence-electron chi connectivity index (χ1n) is 19.5. The van der Waals surface area contributed by atoms with Crippen molar-refractivity contribution in [1.29, 1.82) is 5.41 Å². The minimum Gasteiger partial charge on any atom is -0.488 e. The lowest BCUT2D eigenvalue weighted by Gasteiger charge is -2.39. The number of ether oxygens (including phenoxy) is 2. The molecule has 2 aromatic carbocycles. The van der Waals surface area contributed by atoms with Gasteiger partial charge in [0.15, 0.2) is 5.75 Å². The van der Waals surface area contributed by atoms with E-state index in [1.165, 1.54) is 21.3 Å². The van der Waals surface area contributed by atoms with Gasteiger partial charge in [-0.05, 0) is 62.4 Å². The van der Waals surface area contributed by atoms with E-state index < -0.39 is 10.0 Å². The zero-order chi connectivity index (χ0) is 42.3. The van der Waals surface area contributed by atoms with Crippen LogP contribution in [0, 0.1) is 5.41 Å². The highest BCUT2D eigenvalue weighted by atomic mass is 32.2. The minimum absolute atomic E-state index is 0.0364. The summed E-state index contributed by atoms with van der Waals surface area (Å²) in [5, 5.41) is 15.6. The van der Waals surface area contributed by atoms with E-state index in [0.717, 1.165) is 48.8 Å². The molecule has 0 spiro atoms. The van der Waals surface area contributed by atoms with Gasteiger partial charge in [-0.3, -0.25) is 14.5 Å². The molecule has 19 heteroatoms. The van der Waals surface area contributed by atoms with Crippen molar-refractivity contribution in [2.75, 3.05) is 38.5 Å². The highest BCUT2D eigenvalue weighted by molar-refractivity contribution is 7.89. The molecule has 0 radical (unpaired) electrons. The van der Waals surface area contributed by atoms with Crippen LogP contribution in [0.15, 0.2) is 59.9 Å². The first-order chi connectivity index (χ1) is 28.3. The molecule has 59 heavy (non-hydrogen) atoms. The number of hydrogen-bond acceptors (Lipinski definition) is 14. The average molecular weight is 830 g/mol. The summed E-state index contributed by atoms with van der Waals surface area (Å²) >= 11 is 0. The van der Waals surface area contributed by atoms with Crippen LogP contribution in [0.1, 0.15) is 73.1 Å². The summed E-state index contributed by atoms with van der Waals surface area (Å²) in [5.74, 6) is 0.998. The Balaban J connectivity index is 0.000000664. The minimum atomic E-state index is -3.73. The molecule has 0 aliphatic carbocycles. The van der Waals surface area contributed by atoms with E-state index in [1.807, 2.05) is 33.0 Å². The third kappa shape index (κ3) is 10.2. The number of aromatic nitrogens is 4. The molecule has 0 unspecified atom stereocenters. The SMILES string of the molecule is CC(C)Oc1c(/C(C=N)=C/N)ncn2nc(NC3CCN(S(=O)(=O)c4cccc(OC5CN(Cc6ccc7c(c6)CN(C)C7=O)C5)c4)CC3)nc12.NC(=O)CCCC=O. The van der Waals surface area contributed by atoms with Crippen LogP contribution in [0.5, 0.6) is 11.5 Å².